The van der Waals surface area contributed by atoms with Gasteiger partial charge in [0.15, 0.2) is 0 Å². The van der Waals surface area contributed by atoms with E-state index in [0.29, 0.717) is 0 Å². The van der Waals surface area contributed by atoms with Crippen LogP contribution in [0.4, 0.5) is 0 Å². The van der Waals surface area contributed by atoms with Gasteiger partial charge in [-0.15, -0.1) is 80.2 Å². The predicted octanol–water partition coefficient (Wildman–Crippen LogP) is 13.4. The molecule has 236 valence electrons. The first-order chi connectivity index (χ1) is 22.0. The zero-order valence-electron chi connectivity index (χ0n) is 29.1. The molecule has 0 N–H and O–H groups in total. The maximum atomic E-state index is 2.44. The summed E-state index contributed by atoms with van der Waals surface area (Å²) in [6, 6.07) is 50.0. The van der Waals surface area contributed by atoms with Crippen molar-refractivity contribution in [2.24, 2.45) is 0 Å². The van der Waals surface area contributed by atoms with Crippen LogP contribution in [0.15, 0.2) is 133 Å². The Hall–Kier alpha value is -4.06. The molecule has 8 aromatic carbocycles. The Bertz CT molecular complexity index is 2200. The van der Waals surface area contributed by atoms with Crippen LogP contribution in [0.2, 0.25) is 0 Å². The van der Waals surface area contributed by atoms with Crippen LogP contribution in [0.3, 0.4) is 0 Å². The Morgan fingerprint density at radius 3 is 1.27 bits per heavy atom. The fourth-order valence-corrected chi connectivity index (χ4v) is 8.03. The van der Waals surface area contributed by atoms with Crippen LogP contribution >= 0.6 is 0 Å². The summed E-state index contributed by atoms with van der Waals surface area (Å²) < 4.78 is 0. The standard InChI is InChI=1S/C45H38.2CH3.Zr/c1-5-29-27-33-19-13-25-39(43(33)41(29)37-23-11-17-31-15-7-9-21-35(31)37)45(3,4)40-26-14-20-34-28-30(6-2)42(44(34)40)38-24-12-18-32-16-8-10-22-36(32)38;;;/h7-28H,5-6H2,1-4H3;2*1H3;/q-2;2*-1;+4. The smallest absolute Gasteiger partial charge is 0.358 e. The molecule has 0 unspecified atom stereocenters. The molecule has 0 heterocycles. The van der Waals surface area contributed by atoms with Crippen molar-refractivity contribution >= 4 is 43.1 Å². The largest absolute Gasteiger partial charge is 4.00 e. The van der Waals surface area contributed by atoms with Crippen molar-refractivity contribution in [2.75, 3.05) is 0 Å². The Morgan fingerprint density at radius 1 is 0.479 bits per heavy atom. The molecule has 0 spiro atoms. The molecular formula is C47H44Zr. The SMILES string of the molecule is CCc1[cH-]c2cccc(C(C)(C)c3cccc4[cH-]c(CC)c(-c5cccc6ccccc56)c34)c2c1-c1cccc2ccccc12.[CH3-].[CH3-].[Zr+4]. The fourth-order valence-electron chi connectivity index (χ4n) is 8.03. The van der Waals surface area contributed by atoms with E-state index in [2.05, 4.69) is 161 Å². The minimum Gasteiger partial charge on any atom is -0.358 e. The van der Waals surface area contributed by atoms with Gasteiger partial charge >= 0.3 is 26.2 Å². The van der Waals surface area contributed by atoms with E-state index in [0.717, 1.165) is 12.8 Å². The van der Waals surface area contributed by atoms with Gasteiger partial charge in [-0.1, -0.05) is 147 Å². The predicted molar refractivity (Wildman–Crippen MR) is 209 cm³/mol. The molecule has 0 fully saturated rings. The van der Waals surface area contributed by atoms with Crippen molar-refractivity contribution in [3.8, 4) is 22.3 Å². The van der Waals surface area contributed by atoms with E-state index in [9.17, 15) is 0 Å². The van der Waals surface area contributed by atoms with Gasteiger partial charge in [-0.2, -0.15) is 0 Å². The molecule has 0 bridgehead atoms. The monoisotopic (exact) mass is 698 g/mol. The molecule has 0 aliphatic heterocycles. The Morgan fingerprint density at radius 2 is 0.854 bits per heavy atom. The number of hydrogen-bond donors (Lipinski definition) is 0. The van der Waals surface area contributed by atoms with Crippen LogP contribution < -0.4 is 0 Å². The zero-order chi connectivity index (χ0) is 30.7. The van der Waals surface area contributed by atoms with Gasteiger partial charge in [0.2, 0.25) is 0 Å². The van der Waals surface area contributed by atoms with Crippen LogP contribution in [0.1, 0.15) is 49.9 Å². The van der Waals surface area contributed by atoms with Gasteiger partial charge in [0.25, 0.3) is 0 Å². The molecular weight excluding hydrogens is 656 g/mol. The summed E-state index contributed by atoms with van der Waals surface area (Å²) in [7, 11) is 0. The summed E-state index contributed by atoms with van der Waals surface area (Å²) in [5.74, 6) is 0. The van der Waals surface area contributed by atoms with E-state index in [1.165, 1.54) is 87.6 Å². The Labute approximate surface area is 306 Å². The molecule has 48 heavy (non-hydrogen) atoms. The second kappa shape index (κ2) is 13.8. The first kappa shape index (κ1) is 35.3. The van der Waals surface area contributed by atoms with Crippen molar-refractivity contribution in [1.29, 1.82) is 0 Å². The molecule has 0 nitrogen and oxygen atoms in total. The van der Waals surface area contributed by atoms with Crippen molar-refractivity contribution in [2.45, 2.75) is 46.0 Å². The minimum absolute atomic E-state index is 0. The average Bonchev–Trinajstić information content (AvgIpc) is 3.66. The Kier molecular flexibility index (Phi) is 10.1. The van der Waals surface area contributed by atoms with Crippen LogP contribution in [0.5, 0.6) is 0 Å². The van der Waals surface area contributed by atoms with E-state index >= 15 is 0 Å². The fraction of sp³-hybridized carbons (Fsp3) is 0.149. The molecule has 0 aliphatic carbocycles. The van der Waals surface area contributed by atoms with E-state index in [1.54, 1.807) is 0 Å². The third kappa shape index (κ3) is 5.42. The number of aryl methyl sites for hydroxylation is 2. The van der Waals surface area contributed by atoms with Crippen LogP contribution in [0, 0.1) is 14.9 Å². The zero-order valence-corrected chi connectivity index (χ0v) is 31.6. The van der Waals surface area contributed by atoms with Gasteiger partial charge in [-0.25, -0.2) is 0 Å². The molecule has 0 radical (unpaired) electrons. The molecule has 0 aliphatic rings. The quantitative estimate of drug-likeness (QED) is 0.152. The van der Waals surface area contributed by atoms with Crippen molar-refractivity contribution < 1.29 is 26.2 Å². The van der Waals surface area contributed by atoms with Gasteiger partial charge in [0.1, 0.15) is 0 Å². The van der Waals surface area contributed by atoms with Gasteiger partial charge in [0.05, 0.1) is 0 Å². The third-order valence-corrected chi connectivity index (χ3v) is 10.2. The first-order valence-electron chi connectivity index (χ1n) is 16.4. The minimum atomic E-state index is -0.254. The summed E-state index contributed by atoms with van der Waals surface area (Å²) in [6.07, 6.45) is 1.99. The normalized spacial score (nSPS) is 11.4. The molecule has 1 heteroatoms. The number of rotatable bonds is 6. The summed E-state index contributed by atoms with van der Waals surface area (Å²) in [5.41, 5.74) is 10.8. The molecule has 8 rings (SSSR count). The third-order valence-electron chi connectivity index (χ3n) is 10.2. The van der Waals surface area contributed by atoms with Crippen LogP contribution in [-0.4, -0.2) is 0 Å². The molecule has 0 saturated carbocycles. The maximum absolute atomic E-state index is 2.44. The second-order valence-corrected chi connectivity index (χ2v) is 13.0. The van der Waals surface area contributed by atoms with Crippen LogP contribution in [-0.2, 0) is 44.5 Å². The van der Waals surface area contributed by atoms with Gasteiger partial charge < -0.3 is 14.9 Å². The second-order valence-electron chi connectivity index (χ2n) is 13.0. The summed E-state index contributed by atoms with van der Waals surface area (Å²) in [6.45, 7) is 9.46. The van der Waals surface area contributed by atoms with Crippen molar-refractivity contribution in [3.05, 3.63) is 171 Å². The first-order valence-corrected chi connectivity index (χ1v) is 16.4. The van der Waals surface area contributed by atoms with E-state index < -0.39 is 0 Å². The summed E-state index contributed by atoms with van der Waals surface area (Å²) in [4.78, 5) is 0. The van der Waals surface area contributed by atoms with Crippen molar-refractivity contribution in [3.63, 3.8) is 0 Å². The molecule has 0 amide bonds. The molecule has 0 atom stereocenters. The maximum Gasteiger partial charge on any atom is 4.00 e. The average molecular weight is 700 g/mol. The van der Waals surface area contributed by atoms with Gasteiger partial charge in [-0.3, -0.25) is 0 Å². The van der Waals surface area contributed by atoms with E-state index in [1.807, 2.05) is 0 Å². The Balaban J connectivity index is 0.00000150. The number of fused-ring (bicyclic) bond motifs is 4. The van der Waals surface area contributed by atoms with E-state index in [-0.39, 0.29) is 46.5 Å². The molecule has 0 aromatic heterocycles. The molecule has 0 saturated heterocycles. The number of hydrogen-bond acceptors (Lipinski definition) is 0. The van der Waals surface area contributed by atoms with Gasteiger partial charge in [-0.05, 0) is 39.8 Å². The molecule has 8 aromatic rings. The van der Waals surface area contributed by atoms with Crippen LogP contribution in [0.25, 0.3) is 65.3 Å². The van der Waals surface area contributed by atoms with Crippen molar-refractivity contribution in [1.82, 2.24) is 0 Å². The van der Waals surface area contributed by atoms with E-state index in [4.69, 9.17) is 0 Å². The topological polar surface area (TPSA) is 0 Å². The van der Waals surface area contributed by atoms with Gasteiger partial charge in [0, 0.05) is 0 Å². The summed E-state index contributed by atoms with van der Waals surface area (Å²) >= 11 is 0. The summed E-state index contributed by atoms with van der Waals surface area (Å²) in [5, 5.41) is 10.7. The number of benzene rings is 6.